The molecule has 1 atom stereocenters. The average molecular weight is 268 g/mol. The number of rotatable bonds is 7. The third-order valence-corrected chi connectivity index (χ3v) is 3.04. The Morgan fingerprint density at radius 2 is 2.00 bits per heavy atom. The Hall–Kier alpha value is -1.49. The van der Waals surface area contributed by atoms with Crippen LogP contribution in [0.2, 0.25) is 0 Å². The molecule has 0 aliphatic rings. The van der Waals surface area contributed by atoms with Gasteiger partial charge in [0.2, 0.25) is 5.82 Å². The van der Waals surface area contributed by atoms with Crippen LogP contribution in [0, 0.1) is 21.8 Å². The quantitative estimate of drug-likeness (QED) is 0.606. The third kappa shape index (κ3) is 5.34. The topological polar surface area (TPSA) is 55.2 Å². The van der Waals surface area contributed by atoms with Crippen molar-refractivity contribution in [3.05, 3.63) is 39.7 Å². The van der Waals surface area contributed by atoms with Gasteiger partial charge in [-0.3, -0.25) is 10.1 Å². The van der Waals surface area contributed by atoms with Gasteiger partial charge < -0.3 is 5.32 Å². The van der Waals surface area contributed by atoms with Crippen LogP contribution in [-0.2, 0) is 6.54 Å². The number of nitro groups is 1. The van der Waals surface area contributed by atoms with Gasteiger partial charge in [0.15, 0.2) is 0 Å². The number of benzene rings is 1. The molecule has 0 aliphatic carbocycles. The Morgan fingerprint density at radius 3 is 2.53 bits per heavy atom. The van der Waals surface area contributed by atoms with E-state index >= 15 is 0 Å². The first-order valence-electron chi connectivity index (χ1n) is 6.56. The molecule has 0 heterocycles. The molecule has 106 valence electrons. The van der Waals surface area contributed by atoms with E-state index in [4.69, 9.17) is 0 Å². The monoisotopic (exact) mass is 268 g/mol. The Labute approximate surface area is 113 Å². The van der Waals surface area contributed by atoms with Crippen molar-refractivity contribution in [1.82, 2.24) is 5.32 Å². The van der Waals surface area contributed by atoms with Crippen LogP contribution in [0.3, 0.4) is 0 Å². The minimum atomic E-state index is -0.779. The number of nitrogens with zero attached hydrogens (tertiary/aromatic N) is 1. The van der Waals surface area contributed by atoms with Gasteiger partial charge in [0, 0.05) is 18.7 Å². The number of nitro benzene ring substituents is 1. The summed E-state index contributed by atoms with van der Waals surface area (Å²) in [7, 11) is 0. The van der Waals surface area contributed by atoms with Gasteiger partial charge in [-0.1, -0.05) is 19.9 Å². The van der Waals surface area contributed by atoms with Crippen molar-refractivity contribution in [1.29, 1.82) is 0 Å². The maximum absolute atomic E-state index is 13.4. The van der Waals surface area contributed by atoms with Crippen molar-refractivity contribution < 1.29 is 9.31 Å². The molecule has 0 amide bonds. The van der Waals surface area contributed by atoms with Crippen molar-refractivity contribution in [2.24, 2.45) is 5.92 Å². The molecule has 19 heavy (non-hydrogen) atoms. The van der Waals surface area contributed by atoms with Gasteiger partial charge in [0.05, 0.1) is 4.92 Å². The number of nitrogens with one attached hydrogen (secondary N) is 1. The summed E-state index contributed by atoms with van der Waals surface area (Å²) in [4.78, 5) is 9.79. The van der Waals surface area contributed by atoms with Gasteiger partial charge in [-0.05, 0) is 37.3 Å². The molecule has 1 rings (SSSR count). The average Bonchev–Trinajstić information content (AvgIpc) is 2.33. The Morgan fingerprint density at radius 1 is 1.32 bits per heavy atom. The Bertz CT molecular complexity index is 435. The predicted molar refractivity (Wildman–Crippen MR) is 73.4 cm³/mol. The zero-order chi connectivity index (χ0) is 14.4. The second-order valence-corrected chi connectivity index (χ2v) is 5.30. The third-order valence-electron chi connectivity index (χ3n) is 3.04. The van der Waals surface area contributed by atoms with E-state index in [1.165, 1.54) is 12.1 Å². The van der Waals surface area contributed by atoms with Crippen LogP contribution in [0.25, 0.3) is 0 Å². The lowest BCUT2D eigenvalue weighted by molar-refractivity contribution is -0.387. The molecule has 1 N–H and O–H groups in total. The number of hydrogen-bond donors (Lipinski definition) is 1. The lowest BCUT2D eigenvalue weighted by Gasteiger charge is -2.15. The van der Waals surface area contributed by atoms with Gasteiger partial charge in [-0.2, -0.15) is 4.39 Å². The minimum Gasteiger partial charge on any atom is -0.310 e. The second-order valence-electron chi connectivity index (χ2n) is 5.30. The SMILES string of the molecule is CC(C)CCC(C)NCc1ccc([N+](=O)[O-])c(F)c1. The molecular formula is C14H21FN2O2. The summed E-state index contributed by atoms with van der Waals surface area (Å²) < 4.78 is 13.4. The first-order valence-corrected chi connectivity index (χ1v) is 6.56. The minimum absolute atomic E-state index is 0.348. The smallest absolute Gasteiger partial charge is 0.304 e. The van der Waals surface area contributed by atoms with E-state index in [0.29, 0.717) is 18.5 Å². The summed E-state index contributed by atoms with van der Waals surface area (Å²) in [6.45, 7) is 6.97. The highest BCUT2D eigenvalue weighted by atomic mass is 19.1. The van der Waals surface area contributed by atoms with Crippen LogP contribution in [0.1, 0.15) is 39.2 Å². The summed E-state index contributed by atoms with van der Waals surface area (Å²) in [5.74, 6) is -0.111. The predicted octanol–water partition coefficient (Wildman–Crippen LogP) is 3.65. The molecule has 0 spiro atoms. The van der Waals surface area contributed by atoms with E-state index in [2.05, 4.69) is 26.1 Å². The largest absolute Gasteiger partial charge is 0.310 e. The Kier molecular flexibility index (Phi) is 5.89. The van der Waals surface area contributed by atoms with E-state index < -0.39 is 16.4 Å². The van der Waals surface area contributed by atoms with Crippen LogP contribution >= 0.6 is 0 Å². The second kappa shape index (κ2) is 7.19. The molecule has 0 aliphatic heterocycles. The molecule has 1 aromatic rings. The van der Waals surface area contributed by atoms with Crippen LogP contribution in [0.15, 0.2) is 18.2 Å². The van der Waals surface area contributed by atoms with Gasteiger partial charge in [-0.15, -0.1) is 0 Å². The highest BCUT2D eigenvalue weighted by Gasteiger charge is 2.13. The maximum atomic E-state index is 13.4. The van der Waals surface area contributed by atoms with Crippen LogP contribution in [0.4, 0.5) is 10.1 Å². The van der Waals surface area contributed by atoms with Crippen molar-refractivity contribution in [2.75, 3.05) is 0 Å². The fraction of sp³-hybridized carbons (Fsp3) is 0.571. The molecule has 4 nitrogen and oxygen atoms in total. The van der Waals surface area contributed by atoms with E-state index in [9.17, 15) is 14.5 Å². The first kappa shape index (κ1) is 15.6. The zero-order valence-corrected chi connectivity index (χ0v) is 11.6. The van der Waals surface area contributed by atoms with Gasteiger partial charge >= 0.3 is 5.69 Å². The first-order chi connectivity index (χ1) is 8.90. The van der Waals surface area contributed by atoms with Crippen LogP contribution in [-0.4, -0.2) is 11.0 Å². The van der Waals surface area contributed by atoms with Crippen LogP contribution in [0.5, 0.6) is 0 Å². The molecule has 0 aromatic heterocycles. The molecule has 5 heteroatoms. The summed E-state index contributed by atoms with van der Waals surface area (Å²) >= 11 is 0. The normalized spacial score (nSPS) is 12.7. The van der Waals surface area contributed by atoms with E-state index in [1.807, 2.05) is 0 Å². The molecule has 1 aromatic carbocycles. The van der Waals surface area contributed by atoms with Crippen LogP contribution < -0.4 is 5.32 Å². The molecule has 0 radical (unpaired) electrons. The van der Waals surface area contributed by atoms with Gasteiger partial charge in [0.25, 0.3) is 0 Å². The molecule has 0 saturated heterocycles. The van der Waals surface area contributed by atoms with Crippen molar-refractivity contribution in [2.45, 2.75) is 46.2 Å². The molecule has 0 fully saturated rings. The lowest BCUT2D eigenvalue weighted by Crippen LogP contribution is -2.25. The highest BCUT2D eigenvalue weighted by Crippen LogP contribution is 2.18. The van der Waals surface area contributed by atoms with E-state index in [1.54, 1.807) is 6.07 Å². The Balaban J connectivity index is 2.50. The van der Waals surface area contributed by atoms with E-state index in [-0.39, 0.29) is 0 Å². The standard InChI is InChI=1S/C14H21FN2O2/c1-10(2)4-5-11(3)16-9-12-6-7-14(17(18)19)13(15)8-12/h6-8,10-11,16H,4-5,9H2,1-3H3. The number of halogens is 1. The van der Waals surface area contributed by atoms with Crippen molar-refractivity contribution in [3.8, 4) is 0 Å². The van der Waals surface area contributed by atoms with Gasteiger partial charge in [0.1, 0.15) is 0 Å². The molecular weight excluding hydrogens is 247 g/mol. The molecule has 0 saturated carbocycles. The lowest BCUT2D eigenvalue weighted by atomic mass is 10.0. The van der Waals surface area contributed by atoms with E-state index in [0.717, 1.165) is 18.4 Å². The summed E-state index contributed by atoms with van der Waals surface area (Å²) in [5.41, 5.74) is 0.246. The van der Waals surface area contributed by atoms with Crippen molar-refractivity contribution in [3.63, 3.8) is 0 Å². The number of hydrogen-bond acceptors (Lipinski definition) is 3. The van der Waals surface area contributed by atoms with Gasteiger partial charge in [-0.25, -0.2) is 0 Å². The summed E-state index contributed by atoms with van der Waals surface area (Å²) in [6.07, 6.45) is 2.20. The van der Waals surface area contributed by atoms with Crippen molar-refractivity contribution >= 4 is 5.69 Å². The highest BCUT2D eigenvalue weighted by molar-refractivity contribution is 5.34. The molecule has 0 bridgehead atoms. The fourth-order valence-corrected chi connectivity index (χ4v) is 1.79. The molecule has 1 unspecified atom stereocenters. The zero-order valence-electron chi connectivity index (χ0n) is 11.6. The fourth-order valence-electron chi connectivity index (χ4n) is 1.79. The summed E-state index contributed by atoms with van der Waals surface area (Å²) in [5, 5.41) is 13.8. The maximum Gasteiger partial charge on any atom is 0.304 e. The summed E-state index contributed by atoms with van der Waals surface area (Å²) in [6, 6.07) is 4.37.